The first-order valence-electron chi connectivity index (χ1n) is 3.77. The Balaban J connectivity index is 3.40. The number of aliphatic imine (C=N–C) groups is 1. The molecule has 0 saturated heterocycles. The average Bonchev–Trinajstić information content (AvgIpc) is 2.26. The van der Waals surface area contributed by atoms with Crippen molar-refractivity contribution in [3.8, 4) is 0 Å². The number of nitrogens with two attached hydrogens (primary N) is 1. The summed E-state index contributed by atoms with van der Waals surface area (Å²) in [6.45, 7) is 0.0678. The van der Waals surface area contributed by atoms with E-state index in [1.165, 1.54) is 11.9 Å². The van der Waals surface area contributed by atoms with Gasteiger partial charge in [-0.1, -0.05) is 0 Å². The van der Waals surface area contributed by atoms with Gasteiger partial charge >= 0.3 is 0 Å². The molecule has 1 atom stereocenters. The molecule has 0 amide bonds. The highest BCUT2D eigenvalue weighted by Gasteiger charge is 2.25. The van der Waals surface area contributed by atoms with Crippen LogP contribution in [-0.4, -0.2) is 36.6 Å². The summed E-state index contributed by atoms with van der Waals surface area (Å²) in [5, 5.41) is 0. The largest absolute Gasteiger partial charge is 0.328 e. The van der Waals surface area contributed by atoms with Crippen molar-refractivity contribution in [1.82, 2.24) is 0 Å². The minimum atomic E-state index is -0.624. The third kappa shape index (κ3) is 1.52. The second-order valence-corrected chi connectivity index (χ2v) is 2.54. The molecule has 0 fully saturated rings. The van der Waals surface area contributed by atoms with Crippen LogP contribution in [0, 0.1) is 0 Å². The summed E-state index contributed by atoms with van der Waals surface area (Å²) in [4.78, 5) is 35.2. The molecule has 1 aliphatic heterocycles. The molecule has 1 aliphatic rings. The average molecular weight is 190 g/mol. The summed E-state index contributed by atoms with van der Waals surface area (Å²) in [6.07, 6.45) is 1.16. The van der Waals surface area contributed by atoms with Gasteiger partial charge in [0.1, 0.15) is 17.8 Å². The maximum absolute atomic E-state index is 10.5. The molecule has 1 unspecified atom stereocenters. The van der Waals surface area contributed by atoms with Gasteiger partial charge in [-0.05, 0) is 0 Å². The molecule has 5 heteroatoms. The third-order valence-electron chi connectivity index (χ3n) is 1.80. The van der Waals surface area contributed by atoms with E-state index >= 15 is 0 Å². The van der Waals surface area contributed by atoms with Gasteiger partial charge in [-0.2, -0.15) is 0 Å². The predicted octanol–water partition coefficient (Wildman–Crippen LogP) is -1.33. The Kier molecular flexibility index (Phi) is 3.08. The minimum absolute atomic E-state index is 0.0386. The van der Waals surface area contributed by atoms with Gasteiger partial charge in [0.05, 0.1) is 22.8 Å². The van der Waals surface area contributed by atoms with E-state index in [4.69, 9.17) is 5.73 Å². The Hall–Kier alpha value is -2.02. The van der Waals surface area contributed by atoms with Crippen molar-refractivity contribution >= 4 is 24.0 Å². The molecular weight excluding hydrogens is 184 g/mol. The molecule has 2 N–H and O–H groups in total. The number of hydrogen-bond acceptors (Lipinski definition) is 5. The first-order valence-corrected chi connectivity index (χ1v) is 3.77. The van der Waals surface area contributed by atoms with Gasteiger partial charge in [0, 0.05) is 12.8 Å². The zero-order valence-electron chi connectivity index (χ0n) is 7.11. The molecule has 0 radical (unpaired) electrons. The lowest BCUT2D eigenvalue weighted by Gasteiger charge is -2.15. The highest BCUT2D eigenvalue weighted by Crippen LogP contribution is 2.20. The second-order valence-electron chi connectivity index (χ2n) is 2.54. The Morgan fingerprint density at radius 1 is 1.29 bits per heavy atom. The summed E-state index contributed by atoms with van der Waals surface area (Å²) in [7, 11) is 0. The van der Waals surface area contributed by atoms with Gasteiger partial charge in [-0.15, -0.1) is 0 Å². The lowest BCUT2D eigenvalue weighted by Crippen LogP contribution is -2.26. The molecule has 0 aromatic rings. The SMILES string of the molecule is NCC1N=CC(=C=O)C(=C=O)C1=C=O. The van der Waals surface area contributed by atoms with Crippen LogP contribution >= 0.6 is 0 Å². The van der Waals surface area contributed by atoms with Crippen LogP contribution in [0.1, 0.15) is 0 Å². The molecule has 0 spiro atoms. The lowest BCUT2D eigenvalue weighted by molar-refractivity contribution is 0.560. The Bertz CT molecular complexity index is 431. The molecule has 0 aromatic heterocycles. The third-order valence-corrected chi connectivity index (χ3v) is 1.80. The van der Waals surface area contributed by atoms with Crippen molar-refractivity contribution in [2.75, 3.05) is 6.54 Å². The van der Waals surface area contributed by atoms with E-state index in [-0.39, 0.29) is 23.3 Å². The number of allylic oxidation sites excluding steroid dienone is 1. The number of nitrogens with zero attached hydrogens (tertiary/aromatic N) is 1. The topological polar surface area (TPSA) is 89.6 Å². The van der Waals surface area contributed by atoms with Crippen molar-refractivity contribution in [2.24, 2.45) is 10.7 Å². The van der Waals surface area contributed by atoms with Gasteiger partial charge in [0.15, 0.2) is 0 Å². The van der Waals surface area contributed by atoms with Crippen LogP contribution in [0.4, 0.5) is 0 Å². The van der Waals surface area contributed by atoms with Gasteiger partial charge in [0.25, 0.3) is 0 Å². The summed E-state index contributed by atoms with van der Waals surface area (Å²) in [5.41, 5.74) is 5.02. The molecule has 1 rings (SSSR count). The van der Waals surface area contributed by atoms with E-state index in [0.717, 1.165) is 6.21 Å². The summed E-state index contributed by atoms with van der Waals surface area (Å²) in [6, 6.07) is -0.624. The minimum Gasteiger partial charge on any atom is -0.328 e. The summed E-state index contributed by atoms with van der Waals surface area (Å²) >= 11 is 0. The zero-order valence-corrected chi connectivity index (χ0v) is 7.11. The normalized spacial score (nSPS) is 20.1. The number of rotatable bonds is 1. The van der Waals surface area contributed by atoms with Crippen LogP contribution in [-0.2, 0) is 14.4 Å². The maximum atomic E-state index is 10.5. The summed E-state index contributed by atoms with van der Waals surface area (Å²) in [5.74, 6) is 4.53. The molecule has 0 bridgehead atoms. The molecule has 0 aromatic carbocycles. The van der Waals surface area contributed by atoms with Crippen molar-refractivity contribution in [3.05, 3.63) is 16.7 Å². The fourth-order valence-corrected chi connectivity index (χ4v) is 1.10. The van der Waals surface area contributed by atoms with E-state index in [1.807, 2.05) is 0 Å². The molecular formula is C9H6N2O3. The van der Waals surface area contributed by atoms with Crippen LogP contribution in [0.25, 0.3) is 0 Å². The Morgan fingerprint density at radius 3 is 2.43 bits per heavy atom. The molecule has 70 valence electrons. The van der Waals surface area contributed by atoms with Crippen LogP contribution in [0.15, 0.2) is 21.7 Å². The first-order chi connectivity index (χ1) is 6.78. The monoisotopic (exact) mass is 190 g/mol. The zero-order chi connectivity index (χ0) is 10.6. The van der Waals surface area contributed by atoms with Gasteiger partial charge in [0.2, 0.25) is 0 Å². The van der Waals surface area contributed by atoms with E-state index < -0.39 is 6.04 Å². The molecule has 0 aliphatic carbocycles. The van der Waals surface area contributed by atoms with Crippen LogP contribution in [0.2, 0.25) is 0 Å². The molecule has 0 saturated carbocycles. The summed E-state index contributed by atoms with van der Waals surface area (Å²) < 4.78 is 0. The predicted molar refractivity (Wildman–Crippen MR) is 49.0 cm³/mol. The first kappa shape index (κ1) is 10.1. The fraction of sp³-hybridized carbons (Fsp3) is 0.222. The van der Waals surface area contributed by atoms with Crippen molar-refractivity contribution in [2.45, 2.75) is 6.04 Å². The Labute approximate surface area is 79.3 Å². The van der Waals surface area contributed by atoms with Crippen LogP contribution in [0.3, 0.4) is 0 Å². The molecule has 1 heterocycles. The van der Waals surface area contributed by atoms with Crippen molar-refractivity contribution in [3.63, 3.8) is 0 Å². The number of hydrogen-bond donors (Lipinski definition) is 1. The highest BCUT2D eigenvalue weighted by atomic mass is 16.1. The van der Waals surface area contributed by atoms with E-state index in [0.29, 0.717) is 0 Å². The smallest absolute Gasteiger partial charge is 0.135 e. The van der Waals surface area contributed by atoms with Crippen molar-refractivity contribution in [1.29, 1.82) is 0 Å². The van der Waals surface area contributed by atoms with E-state index in [1.54, 1.807) is 5.94 Å². The Morgan fingerprint density at radius 2 is 2.00 bits per heavy atom. The number of carbonyl (C=O) groups excluding carboxylic acids is 3. The molecule has 5 nitrogen and oxygen atoms in total. The van der Waals surface area contributed by atoms with Gasteiger partial charge in [-0.3, -0.25) is 4.99 Å². The van der Waals surface area contributed by atoms with Crippen molar-refractivity contribution < 1.29 is 14.4 Å². The standard InChI is InChI=1S/C9H6N2O3/c10-1-9-8(5-14)7(4-13)6(3-12)2-11-9/h2,9H,1,10H2. The maximum Gasteiger partial charge on any atom is 0.135 e. The highest BCUT2D eigenvalue weighted by molar-refractivity contribution is 6.03. The van der Waals surface area contributed by atoms with Crippen LogP contribution < -0.4 is 5.73 Å². The van der Waals surface area contributed by atoms with Gasteiger partial charge < -0.3 is 5.73 Å². The lowest BCUT2D eigenvalue weighted by atomic mass is 9.93. The quantitative estimate of drug-likeness (QED) is 0.519. The van der Waals surface area contributed by atoms with E-state index in [2.05, 4.69) is 4.99 Å². The fourth-order valence-electron chi connectivity index (χ4n) is 1.10. The van der Waals surface area contributed by atoms with Gasteiger partial charge in [-0.25, -0.2) is 14.4 Å². The van der Waals surface area contributed by atoms with E-state index in [9.17, 15) is 14.4 Å². The van der Waals surface area contributed by atoms with Crippen LogP contribution in [0.5, 0.6) is 0 Å². The molecule has 14 heavy (non-hydrogen) atoms. The second kappa shape index (κ2) is 4.28.